The molecule has 8 saturated heterocycles. The maximum absolute atomic E-state index is 12.2. The Hall–Kier alpha value is -1.76. The molecule has 8 aliphatic heterocycles. The first kappa shape index (κ1) is 116. The van der Waals surface area contributed by atoms with E-state index in [1.807, 2.05) is 0 Å². The molecule has 0 bridgehead atoms. The third-order valence-corrected chi connectivity index (χ3v) is 39.3. The summed E-state index contributed by atoms with van der Waals surface area (Å²) in [5, 5.41) is 305. The van der Waals surface area contributed by atoms with Crippen LogP contribution in [0.2, 0.25) is 0 Å². The van der Waals surface area contributed by atoms with Crippen LogP contribution in [0.1, 0.15) is 215 Å². The quantitative estimate of drug-likeness (QED) is 0.0204. The highest BCUT2D eigenvalue weighted by atomic mass is 16.8. The lowest BCUT2D eigenvalue weighted by Crippen LogP contribution is -2.66. The van der Waals surface area contributed by atoms with Crippen LogP contribution in [0.4, 0.5) is 0 Å². The van der Waals surface area contributed by atoms with Crippen LogP contribution in [0.25, 0.3) is 0 Å². The standard InChI is InChI=1S/C101H172O44/c1-42(50-22-24-52-48-20-18-44-30-46(130-90-82(126)74(118)86(60(38-106)136-90)142-94-78(122)70(114)66(110)56(34-102)132-94)26-28-98(44,3)54(48)32-64(100(50,52)5)140-92-84(128)76(120)88(62(40-108)138-92)144-96-80(124)72(116)68(112)58(36-104)134-96)16-14-12-10-8-7-9-11-13-15-17-43(2)51-23-25-53-49-21-19-45-31-47(131-91-83(127)75(119)87(61(39-107)137-91)143-95-79(123)71(115)67(111)57(35-103)133-95)27-29-99(45,4)55(49)33-65(101(51,53)6)141-93-85(129)77(121)89(63(41-109)139-93)145-97-81(125)73(117)69(113)59(37-105)135-97/h42-97,102-129H,7-41H2,1-6H3/t42?,43?,44?,45?,46?,47?,48?,49?,50?,51?,52?,53?,54?,55?,56?,57?,58?,59?,60?,61?,62?,63?,64?,65?,66-,67+,68-,69+,70?,71?,72?,73?,74?,75?,76?,77?,78+,79-,80+,81-,82+,83-,84+,85-,86-,87+,88-,89+,90-,91+,92+,93-,94+,95-,96+,97-,98?,99?,100?,101?. The fraction of sp³-hybridized carbons (Fsp3) is 1.00. The first-order valence-electron chi connectivity index (χ1n) is 54.1. The molecular weight excluding hydrogens is 1920 g/mol. The maximum atomic E-state index is 12.2. The van der Waals surface area contributed by atoms with Crippen molar-refractivity contribution in [3.05, 3.63) is 0 Å². The van der Waals surface area contributed by atoms with Gasteiger partial charge >= 0.3 is 0 Å². The second-order valence-electron chi connectivity index (χ2n) is 46.9. The van der Waals surface area contributed by atoms with Gasteiger partial charge in [-0.05, 0) is 185 Å². The van der Waals surface area contributed by atoms with E-state index in [1.54, 1.807) is 0 Å². The summed E-state index contributed by atoms with van der Waals surface area (Å²) in [5.74, 6) is 1.99. The van der Waals surface area contributed by atoms with Crippen molar-refractivity contribution in [3.63, 3.8) is 0 Å². The van der Waals surface area contributed by atoms with Crippen molar-refractivity contribution < 1.29 is 219 Å². The van der Waals surface area contributed by atoms with Crippen LogP contribution >= 0.6 is 0 Å². The van der Waals surface area contributed by atoms with Crippen LogP contribution in [0.5, 0.6) is 0 Å². The minimum absolute atomic E-state index is 0.0765. The molecule has 8 heterocycles. The van der Waals surface area contributed by atoms with Crippen molar-refractivity contribution in [2.75, 3.05) is 52.9 Å². The SMILES string of the molecule is CC(CCCCCCCCCCCC(C)C1CCC2C3CCC4CC(O[C@@H]5OC(CO)[C@@H](O[C@@H]6OC(CO)[C@@H](O)C(O)[C@@H]6O)C(O)[C@@H]5O)CCC4(C)C3CC(O[C@@H]3OC(CO)[C@@H](O[C@@H]4OC(CO)[C@@H](O)C(O)[C@@H]4O)C(O)[C@@H]3O)C12C)C1CCC2C3CCC4CC(O[C@H]5OC(CO)[C@H](O[C@H]6OC(CO)[C@H](O)C(O)[C@H]6O)C(O)[C@H]5O)CCC4(C)C3CC(O[C@H]3OC(CO)[C@H](O[C@H]4OC(CO)[C@H](O)C(O)[C@H]4O)C(O)[C@H]3O)C12C. The molecule has 0 aromatic rings. The molecule has 0 aromatic heterocycles. The predicted octanol–water partition coefficient (Wildman–Crippen LogP) is -4.88. The molecule has 0 radical (unpaired) electrons. The Morgan fingerprint density at radius 2 is 0.469 bits per heavy atom. The molecule has 16 fully saturated rings. The first-order chi connectivity index (χ1) is 69.1. The van der Waals surface area contributed by atoms with Crippen molar-refractivity contribution in [2.45, 2.75) is 485 Å². The van der Waals surface area contributed by atoms with Crippen LogP contribution in [0.15, 0.2) is 0 Å². The van der Waals surface area contributed by atoms with E-state index in [0.29, 0.717) is 51.4 Å². The van der Waals surface area contributed by atoms with E-state index in [2.05, 4.69) is 41.5 Å². The van der Waals surface area contributed by atoms with E-state index in [-0.39, 0.29) is 81.8 Å². The van der Waals surface area contributed by atoms with E-state index in [9.17, 15) is 143 Å². The Balaban J connectivity index is 0.536. The van der Waals surface area contributed by atoms with Crippen molar-refractivity contribution in [1.82, 2.24) is 0 Å². The zero-order valence-corrected chi connectivity index (χ0v) is 84.1. The third kappa shape index (κ3) is 22.5. The summed E-state index contributed by atoms with van der Waals surface area (Å²) in [6.07, 6.45) is -44.0. The largest absolute Gasteiger partial charge is 0.394 e. The van der Waals surface area contributed by atoms with Gasteiger partial charge in [0.2, 0.25) is 0 Å². The number of unbranched alkanes of at least 4 members (excludes halogenated alkanes) is 8. The van der Waals surface area contributed by atoms with Crippen molar-refractivity contribution >= 4 is 0 Å². The molecule has 0 amide bonds. The van der Waals surface area contributed by atoms with Gasteiger partial charge in [-0.25, -0.2) is 0 Å². The van der Waals surface area contributed by atoms with Gasteiger partial charge < -0.3 is 219 Å². The molecule has 44 heteroatoms. The van der Waals surface area contributed by atoms with Gasteiger partial charge in [0, 0.05) is 10.8 Å². The Bertz CT molecular complexity index is 3720. The van der Waals surface area contributed by atoms with Crippen molar-refractivity contribution in [1.29, 1.82) is 0 Å². The zero-order valence-electron chi connectivity index (χ0n) is 84.1. The highest BCUT2D eigenvalue weighted by Crippen LogP contribution is 2.72. The molecule has 0 aromatic carbocycles. The second-order valence-corrected chi connectivity index (χ2v) is 46.9. The summed E-state index contributed by atoms with van der Waals surface area (Å²) in [5.41, 5.74) is -1.54. The average Bonchev–Trinajstić information content (AvgIpc) is 1.62. The molecule has 16 rings (SSSR count). The number of fused-ring (bicyclic) bond motifs is 10. The molecule has 28 N–H and O–H groups in total. The third-order valence-electron chi connectivity index (χ3n) is 39.3. The second kappa shape index (κ2) is 48.8. The number of aliphatic hydroxyl groups excluding tert-OH is 28. The lowest BCUT2D eigenvalue weighted by Gasteiger charge is -2.63. The predicted molar refractivity (Wildman–Crippen MR) is 495 cm³/mol. The monoisotopic (exact) mass is 2090 g/mol. The Kier molecular flexibility index (Phi) is 38.9. The minimum atomic E-state index is -1.86. The molecule has 8 saturated carbocycles. The van der Waals surface area contributed by atoms with Crippen molar-refractivity contribution in [3.8, 4) is 0 Å². The molecule has 0 spiro atoms. The maximum Gasteiger partial charge on any atom is 0.187 e. The minimum Gasteiger partial charge on any atom is -0.394 e. The van der Waals surface area contributed by atoms with Crippen LogP contribution in [-0.2, 0) is 75.8 Å². The summed E-state index contributed by atoms with van der Waals surface area (Å²) < 4.78 is 98.7. The topological polar surface area (TPSA) is 714 Å². The highest BCUT2D eigenvalue weighted by Gasteiger charge is 2.70. The first-order valence-corrected chi connectivity index (χ1v) is 54.1. The fourth-order valence-corrected chi connectivity index (χ4v) is 30.8. The van der Waals surface area contributed by atoms with Crippen LogP contribution < -0.4 is 0 Å². The number of hydrogen-bond acceptors (Lipinski definition) is 44. The normalized spacial score (nSPS) is 53.2. The molecule has 8 aliphatic carbocycles. The van der Waals surface area contributed by atoms with Gasteiger partial charge in [0.05, 0.1) is 77.3 Å². The van der Waals surface area contributed by atoms with E-state index in [0.717, 1.165) is 122 Å². The molecule has 16 aliphatic rings. The highest BCUT2D eigenvalue weighted by molar-refractivity contribution is 5.17. The molecule has 840 valence electrons. The molecule has 145 heavy (non-hydrogen) atoms. The lowest BCUT2D eigenvalue weighted by molar-refractivity contribution is -0.370. The fourth-order valence-electron chi connectivity index (χ4n) is 30.8. The Morgan fingerprint density at radius 3 is 0.731 bits per heavy atom. The zero-order chi connectivity index (χ0) is 104. The summed E-state index contributed by atoms with van der Waals surface area (Å²) >= 11 is 0. The average molecular weight is 2090 g/mol. The van der Waals surface area contributed by atoms with E-state index in [4.69, 9.17) is 75.8 Å². The van der Waals surface area contributed by atoms with Gasteiger partial charge in [-0.1, -0.05) is 112 Å². The molecule has 44 nitrogen and oxygen atoms in total. The van der Waals surface area contributed by atoms with E-state index >= 15 is 0 Å². The smallest absolute Gasteiger partial charge is 0.187 e. The number of ether oxygens (including phenoxy) is 16. The number of hydrogen-bond donors (Lipinski definition) is 28. The summed E-state index contributed by atoms with van der Waals surface area (Å²) in [4.78, 5) is 0. The summed E-state index contributed by atoms with van der Waals surface area (Å²) in [6.45, 7) is 7.99. The lowest BCUT2D eigenvalue weighted by atomic mass is 9.43. The summed E-state index contributed by atoms with van der Waals surface area (Å²) in [6, 6.07) is 0. The van der Waals surface area contributed by atoms with Crippen LogP contribution in [0, 0.1) is 92.7 Å². The van der Waals surface area contributed by atoms with E-state index < -0.39 is 334 Å². The van der Waals surface area contributed by atoms with Crippen LogP contribution in [-0.4, -0.2) is 466 Å². The summed E-state index contributed by atoms with van der Waals surface area (Å²) in [7, 11) is 0. The van der Waals surface area contributed by atoms with E-state index in [1.165, 1.54) is 0 Å². The van der Waals surface area contributed by atoms with Gasteiger partial charge in [0.15, 0.2) is 50.3 Å². The molecular formula is C101H172O44. The Morgan fingerprint density at radius 1 is 0.234 bits per heavy atom. The van der Waals surface area contributed by atoms with Gasteiger partial charge in [-0.2, -0.15) is 0 Å². The van der Waals surface area contributed by atoms with Gasteiger partial charge in [0.1, 0.15) is 195 Å². The molecule has 36 unspecified atom stereocenters. The number of rotatable bonds is 38. The molecule has 60 atom stereocenters. The van der Waals surface area contributed by atoms with Crippen molar-refractivity contribution in [2.24, 2.45) is 92.7 Å². The Labute approximate surface area is 845 Å². The van der Waals surface area contributed by atoms with Crippen LogP contribution in [0.3, 0.4) is 0 Å². The van der Waals surface area contributed by atoms with Gasteiger partial charge in [-0.15, -0.1) is 0 Å². The van der Waals surface area contributed by atoms with Gasteiger partial charge in [-0.3, -0.25) is 0 Å². The van der Waals surface area contributed by atoms with Gasteiger partial charge in [0.25, 0.3) is 0 Å². The number of aliphatic hydroxyl groups is 28.